The molecule has 2 aliphatic heterocycles. The maximum Gasteiger partial charge on any atom is 0.253 e. The maximum absolute atomic E-state index is 14.0. The second kappa shape index (κ2) is 9.66. The van der Waals surface area contributed by atoms with Gasteiger partial charge in [0.25, 0.3) is 5.91 Å². The topological polar surface area (TPSA) is 47.1 Å². The van der Waals surface area contributed by atoms with Crippen LogP contribution in [-0.2, 0) is 4.79 Å². The molecule has 2 heterocycles. The van der Waals surface area contributed by atoms with Gasteiger partial charge in [-0.1, -0.05) is 23.7 Å². The lowest BCUT2D eigenvalue weighted by molar-refractivity contribution is -0.133. The van der Waals surface area contributed by atoms with Gasteiger partial charge in [0.1, 0.15) is 5.82 Å². The number of benzene rings is 2. The van der Waals surface area contributed by atoms with E-state index in [2.05, 4.69) is 4.90 Å². The van der Waals surface area contributed by atoms with Crippen molar-refractivity contribution in [3.8, 4) is 0 Å². The van der Waals surface area contributed by atoms with E-state index in [4.69, 9.17) is 11.6 Å². The van der Waals surface area contributed by atoms with Gasteiger partial charge < -0.3 is 14.7 Å². The first-order valence-electron chi connectivity index (χ1n) is 10.6. The largest absolute Gasteiger partial charge is 0.366 e. The number of piperazine rings is 2. The SMILES string of the molecule is O=C(CN1CCN(C(=O)c2ccc(Cl)cc2)CC1)N1CCN(c2ccccc2F)CC1. The zero-order chi connectivity index (χ0) is 21.8. The molecule has 0 radical (unpaired) electrons. The van der Waals surface area contributed by atoms with Crippen LogP contribution in [0.4, 0.5) is 10.1 Å². The average Bonchev–Trinajstić information content (AvgIpc) is 2.80. The molecule has 4 rings (SSSR count). The fourth-order valence-corrected chi connectivity index (χ4v) is 4.21. The molecule has 31 heavy (non-hydrogen) atoms. The second-order valence-corrected chi connectivity index (χ2v) is 8.33. The molecule has 2 saturated heterocycles. The van der Waals surface area contributed by atoms with Gasteiger partial charge in [0.2, 0.25) is 5.91 Å². The number of carbonyl (C=O) groups is 2. The van der Waals surface area contributed by atoms with Crippen molar-refractivity contribution < 1.29 is 14.0 Å². The van der Waals surface area contributed by atoms with Crippen LogP contribution in [0.5, 0.6) is 0 Å². The van der Waals surface area contributed by atoms with Crippen molar-refractivity contribution in [2.45, 2.75) is 0 Å². The summed E-state index contributed by atoms with van der Waals surface area (Å²) in [6.45, 7) is 5.28. The van der Waals surface area contributed by atoms with Crippen molar-refractivity contribution in [3.63, 3.8) is 0 Å². The van der Waals surface area contributed by atoms with E-state index in [0.29, 0.717) is 75.2 Å². The van der Waals surface area contributed by atoms with Crippen LogP contribution in [0.1, 0.15) is 10.4 Å². The highest BCUT2D eigenvalue weighted by molar-refractivity contribution is 6.30. The number of anilines is 1. The highest BCUT2D eigenvalue weighted by Gasteiger charge is 2.27. The van der Waals surface area contributed by atoms with Crippen molar-refractivity contribution in [3.05, 3.63) is 64.9 Å². The number of para-hydroxylation sites is 1. The molecule has 0 unspecified atom stereocenters. The van der Waals surface area contributed by atoms with Crippen LogP contribution in [0.2, 0.25) is 5.02 Å². The zero-order valence-corrected chi connectivity index (χ0v) is 18.1. The Labute approximate surface area is 186 Å². The Hall–Kier alpha value is -2.64. The van der Waals surface area contributed by atoms with E-state index in [-0.39, 0.29) is 17.6 Å². The average molecular weight is 445 g/mol. The summed E-state index contributed by atoms with van der Waals surface area (Å²) in [4.78, 5) is 33.1. The summed E-state index contributed by atoms with van der Waals surface area (Å²) in [5.74, 6) is -0.147. The van der Waals surface area contributed by atoms with Gasteiger partial charge in [0.15, 0.2) is 0 Å². The highest BCUT2D eigenvalue weighted by atomic mass is 35.5. The normalized spacial score (nSPS) is 17.7. The van der Waals surface area contributed by atoms with Gasteiger partial charge in [-0.2, -0.15) is 0 Å². The minimum Gasteiger partial charge on any atom is -0.366 e. The summed E-state index contributed by atoms with van der Waals surface area (Å²) in [7, 11) is 0. The smallest absolute Gasteiger partial charge is 0.253 e. The van der Waals surface area contributed by atoms with Gasteiger partial charge in [0, 0.05) is 62.9 Å². The summed E-state index contributed by atoms with van der Waals surface area (Å²) >= 11 is 5.89. The van der Waals surface area contributed by atoms with E-state index in [1.807, 2.05) is 20.8 Å². The van der Waals surface area contributed by atoms with E-state index in [1.54, 1.807) is 36.4 Å². The van der Waals surface area contributed by atoms with Crippen molar-refractivity contribution >= 4 is 29.1 Å². The molecule has 164 valence electrons. The highest BCUT2D eigenvalue weighted by Crippen LogP contribution is 2.20. The first-order valence-corrected chi connectivity index (χ1v) is 10.9. The molecule has 0 spiro atoms. The molecule has 0 saturated carbocycles. The van der Waals surface area contributed by atoms with Gasteiger partial charge in [-0.3, -0.25) is 14.5 Å². The minimum atomic E-state index is -0.228. The van der Waals surface area contributed by atoms with Gasteiger partial charge in [-0.25, -0.2) is 4.39 Å². The molecule has 0 N–H and O–H groups in total. The second-order valence-electron chi connectivity index (χ2n) is 7.89. The third-order valence-corrected chi connectivity index (χ3v) is 6.19. The third kappa shape index (κ3) is 5.17. The van der Waals surface area contributed by atoms with E-state index < -0.39 is 0 Å². The summed E-state index contributed by atoms with van der Waals surface area (Å²) in [5, 5.41) is 0.606. The molecular weight excluding hydrogens is 419 g/mol. The van der Waals surface area contributed by atoms with Crippen LogP contribution in [0, 0.1) is 5.82 Å². The number of nitrogens with zero attached hydrogens (tertiary/aromatic N) is 4. The maximum atomic E-state index is 14.0. The number of rotatable bonds is 4. The summed E-state index contributed by atoms with van der Waals surface area (Å²) < 4.78 is 14.0. The van der Waals surface area contributed by atoms with Gasteiger partial charge in [0.05, 0.1) is 12.2 Å². The summed E-state index contributed by atoms with van der Waals surface area (Å²) in [5.41, 5.74) is 1.22. The first-order chi connectivity index (χ1) is 15.0. The van der Waals surface area contributed by atoms with E-state index in [0.717, 1.165) is 0 Å². The van der Waals surface area contributed by atoms with Crippen molar-refractivity contribution in [2.24, 2.45) is 0 Å². The van der Waals surface area contributed by atoms with Crippen molar-refractivity contribution in [1.29, 1.82) is 0 Å². The standard InChI is InChI=1S/C23H26ClFN4O2/c24-19-7-5-18(6-8-19)23(31)29-11-9-26(10-12-29)17-22(30)28-15-13-27(14-16-28)21-4-2-1-3-20(21)25/h1-8H,9-17H2. The lowest BCUT2D eigenvalue weighted by Gasteiger charge is -2.38. The number of halogens is 2. The van der Waals surface area contributed by atoms with E-state index >= 15 is 0 Å². The van der Waals surface area contributed by atoms with Gasteiger partial charge in [-0.15, -0.1) is 0 Å². The molecule has 2 fully saturated rings. The molecular formula is C23H26ClFN4O2. The molecule has 2 aliphatic rings. The minimum absolute atomic E-state index is 0.00749. The van der Waals surface area contributed by atoms with Crippen LogP contribution in [0.3, 0.4) is 0 Å². The molecule has 2 aromatic rings. The van der Waals surface area contributed by atoms with Crippen LogP contribution in [0.25, 0.3) is 0 Å². The first kappa shape index (κ1) is 21.6. The van der Waals surface area contributed by atoms with Crippen molar-refractivity contribution in [1.82, 2.24) is 14.7 Å². The fourth-order valence-electron chi connectivity index (χ4n) is 4.08. The van der Waals surface area contributed by atoms with Gasteiger partial charge >= 0.3 is 0 Å². The Kier molecular flexibility index (Phi) is 6.73. The van der Waals surface area contributed by atoms with Crippen molar-refractivity contribution in [2.75, 3.05) is 63.8 Å². The number of amides is 2. The van der Waals surface area contributed by atoms with E-state index in [1.165, 1.54) is 6.07 Å². The Bertz CT molecular complexity index is 923. The van der Waals surface area contributed by atoms with E-state index in [9.17, 15) is 14.0 Å². The number of carbonyl (C=O) groups excluding carboxylic acids is 2. The Balaban J connectivity index is 1.23. The third-order valence-electron chi connectivity index (χ3n) is 5.94. The lowest BCUT2D eigenvalue weighted by Crippen LogP contribution is -2.54. The van der Waals surface area contributed by atoms with Crippen LogP contribution < -0.4 is 4.90 Å². The van der Waals surface area contributed by atoms with Crippen LogP contribution in [-0.4, -0.2) is 85.4 Å². The van der Waals surface area contributed by atoms with Crippen LogP contribution in [0.15, 0.2) is 48.5 Å². The number of hydrogen-bond donors (Lipinski definition) is 0. The zero-order valence-electron chi connectivity index (χ0n) is 17.3. The predicted octanol–water partition coefficient (Wildman–Crippen LogP) is 2.59. The quantitative estimate of drug-likeness (QED) is 0.727. The van der Waals surface area contributed by atoms with Gasteiger partial charge in [-0.05, 0) is 36.4 Å². The summed E-state index contributed by atoms with van der Waals surface area (Å²) in [6, 6.07) is 13.7. The molecule has 0 aliphatic carbocycles. The summed E-state index contributed by atoms with van der Waals surface area (Å²) in [6.07, 6.45) is 0. The number of hydrogen-bond acceptors (Lipinski definition) is 4. The monoisotopic (exact) mass is 444 g/mol. The Morgan fingerprint density at radius 2 is 1.42 bits per heavy atom. The Morgan fingerprint density at radius 1 is 0.806 bits per heavy atom. The molecule has 0 aromatic heterocycles. The molecule has 2 amide bonds. The molecule has 0 bridgehead atoms. The molecule has 6 nitrogen and oxygen atoms in total. The lowest BCUT2D eigenvalue weighted by atomic mass is 10.2. The molecule has 0 atom stereocenters. The predicted molar refractivity (Wildman–Crippen MR) is 119 cm³/mol. The molecule has 8 heteroatoms. The molecule has 2 aromatic carbocycles. The van der Waals surface area contributed by atoms with Crippen LogP contribution >= 0.6 is 11.6 Å². The fraction of sp³-hybridized carbons (Fsp3) is 0.391. The Morgan fingerprint density at radius 3 is 2.06 bits per heavy atom.